The van der Waals surface area contributed by atoms with Crippen molar-refractivity contribution in [1.29, 1.82) is 5.41 Å². The van der Waals surface area contributed by atoms with E-state index < -0.39 is 36.4 Å². The van der Waals surface area contributed by atoms with E-state index in [9.17, 15) is 28.8 Å². The van der Waals surface area contributed by atoms with Crippen molar-refractivity contribution in [1.82, 2.24) is 5.32 Å². The summed E-state index contributed by atoms with van der Waals surface area (Å²) in [5, 5.41) is 10.2. The summed E-state index contributed by atoms with van der Waals surface area (Å²) in [5.74, 6) is -2.55. The number of aliphatic imine (C=N–C) groups is 1. The van der Waals surface area contributed by atoms with Gasteiger partial charge in [-0.2, -0.15) is 0 Å². The monoisotopic (exact) mass is 851 g/mol. The van der Waals surface area contributed by atoms with Gasteiger partial charge in [0.15, 0.2) is 18.3 Å². The summed E-state index contributed by atoms with van der Waals surface area (Å²) < 4.78 is 31.8. The van der Waals surface area contributed by atoms with E-state index in [4.69, 9.17) is 45.3 Å². The van der Waals surface area contributed by atoms with Crippen LogP contribution in [0.1, 0.15) is 57.2 Å². The number of nitrogens with zero attached hydrogens (tertiary/aromatic N) is 1. The van der Waals surface area contributed by atoms with Crippen molar-refractivity contribution in [3.63, 3.8) is 0 Å². The lowest BCUT2D eigenvalue weighted by molar-refractivity contribution is -0.148. The minimum absolute atomic E-state index is 0.0569. The van der Waals surface area contributed by atoms with Crippen LogP contribution < -0.4 is 26.3 Å². The maximum atomic E-state index is 12.5. The second kappa shape index (κ2) is 25.4. The van der Waals surface area contributed by atoms with Crippen LogP contribution in [-0.2, 0) is 57.4 Å². The average Bonchev–Trinajstić information content (AvgIpc) is 3.24. The molecule has 6 N–H and O–H groups in total. The third-order valence-electron chi connectivity index (χ3n) is 8.43. The van der Waals surface area contributed by atoms with Crippen molar-refractivity contribution >= 4 is 52.9 Å². The van der Waals surface area contributed by atoms with E-state index in [2.05, 4.69) is 10.3 Å². The molecule has 0 fully saturated rings. The molecule has 4 aromatic rings. The summed E-state index contributed by atoms with van der Waals surface area (Å²) in [5.41, 5.74) is 14.5. The molecular formula is C45H49N5O12. The van der Waals surface area contributed by atoms with Gasteiger partial charge in [0, 0.05) is 31.7 Å². The summed E-state index contributed by atoms with van der Waals surface area (Å²) >= 11 is 0. The lowest BCUT2D eigenvalue weighted by Gasteiger charge is -2.09. The summed E-state index contributed by atoms with van der Waals surface area (Å²) in [6.07, 6.45) is 0.957. The first-order valence-electron chi connectivity index (χ1n) is 19.5. The van der Waals surface area contributed by atoms with Gasteiger partial charge in [0.05, 0.1) is 49.5 Å². The zero-order valence-electron chi connectivity index (χ0n) is 34.2. The summed E-state index contributed by atoms with van der Waals surface area (Å²) in [6.45, 7) is 2.12. The number of ether oxygens (including phenoxy) is 6. The lowest BCUT2D eigenvalue weighted by Crippen LogP contribution is -2.32. The second-order valence-electron chi connectivity index (χ2n) is 13.7. The highest BCUT2D eigenvalue weighted by Gasteiger charge is 2.14. The van der Waals surface area contributed by atoms with E-state index in [0.29, 0.717) is 58.9 Å². The third kappa shape index (κ3) is 18.4. The van der Waals surface area contributed by atoms with Crippen LogP contribution >= 0.6 is 0 Å². The van der Waals surface area contributed by atoms with Gasteiger partial charge in [-0.3, -0.25) is 19.2 Å². The molecule has 0 spiro atoms. The van der Waals surface area contributed by atoms with E-state index in [0.717, 1.165) is 5.56 Å². The number of esters is 4. The van der Waals surface area contributed by atoms with E-state index in [-0.39, 0.29) is 69.7 Å². The number of carbonyl (C=O) groups is 6. The number of rotatable bonds is 25. The van der Waals surface area contributed by atoms with Crippen LogP contribution in [0, 0.1) is 5.41 Å². The number of guanidine groups is 1. The number of nitrogens with two attached hydrogens (primary N) is 2. The number of hydrogen-bond acceptors (Lipinski definition) is 14. The number of hydrogen-bond donors (Lipinski definition) is 4. The van der Waals surface area contributed by atoms with Crippen molar-refractivity contribution in [2.45, 2.75) is 39.0 Å². The Balaban J connectivity index is 0.958. The molecule has 0 aliphatic heterocycles. The number of Topliss-reactive ketones (excluding diaryl/α,β-unsaturated/α-hetero) is 1. The molecule has 1 amide bonds. The molecule has 62 heavy (non-hydrogen) atoms. The first kappa shape index (κ1) is 47.4. The number of carbonyl (C=O) groups excluding carboxylic acids is 6. The molecule has 17 nitrogen and oxygen atoms in total. The molecular weight excluding hydrogens is 803 g/mol. The fourth-order valence-corrected chi connectivity index (χ4v) is 5.39. The van der Waals surface area contributed by atoms with Crippen LogP contribution in [0.5, 0.6) is 11.5 Å². The molecule has 0 unspecified atom stereocenters. The van der Waals surface area contributed by atoms with Crippen molar-refractivity contribution < 1.29 is 57.2 Å². The SMILES string of the molecule is CC(=N)Cc1ccc(C(=O)Oc2ccc(CC(=O)OCC(=O)CCCOCCOCCNC(=O)COC(=O)Cc3ccc(OC(=O)c4ccc(N=C(N)N)cc4)cc3)cc2)cc1. The largest absolute Gasteiger partial charge is 0.457 e. The van der Waals surface area contributed by atoms with E-state index >= 15 is 0 Å². The summed E-state index contributed by atoms with van der Waals surface area (Å²) in [6, 6.07) is 25.7. The molecule has 0 aliphatic rings. The fourth-order valence-electron chi connectivity index (χ4n) is 5.39. The van der Waals surface area contributed by atoms with Gasteiger partial charge in [0.1, 0.15) is 18.1 Å². The van der Waals surface area contributed by atoms with Crippen molar-refractivity contribution in [2.75, 3.05) is 46.2 Å². The summed E-state index contributed by atoms with van der Waals surface area (Å²) in [4.78, 5) is 77.5. The highest BCUT2D eigenvalue weighted by molar-refractivity contribution is 5.92. The molecule has 0 heterocycles. The van der Waals surface area contributed by atoms with Crippen molar-refractivity contribution in [3.05, 3.63) is 125 Å². The summed E-state index contributed by atoms with van der Waals surface area (Å²) in [7, 11) is 0. The molecule has 0 atom stereocenters. The van der Waals surface area contributed by atoms with Crippen LogP contribution in [0.25, 0.3) is 0 Å². The number of nitrogens with one attached hydrogen (secondary N) is 2. The highest BCUT2D eigenvalue weighted by Crippen LogP contribution is 2.18. The Morgan fingerprint density at radius 3 is 1.58 bits per heavy atom. The van der Waals surface area contributed by atoms with Gasteiger partial charge in [-0.1, -0.05) is 36.4 Å². The van der Waals surface area contributed by atoms with E-state index in [1.807, 2.05) is 0 Å². The number of ketones is 1. The Morgan fingerprint density at radius 1 is 0.597 bits per heavy atom. The number of benzene rings is 4. The molecule has 0 saturated carbocycles. The zero-order chi connectivity index (χ0) is 44.7. The van der Waals surface area contributed by atoms with Crippen LogP contribution in [0.2, 0.25) is 0 Å². The second-order valence-corrected chi connectivity index (χ2v) is 13.7. The smallest absolute Gasteiger partial charge is 0.343 e. The van der Waals surface area contributed by atoms with Crippen LogP contribution in [0.3, 0.4) is 0 Å². The molecule has 4 aromatic carbocycles. The molecule has 0 bridgehead atoms. The zero-order valence-corrected chi connectivity index (χ0v) is 34.2. The van der Waals surface area contributed by atoms with Crippen LogP contribution in [-0.4, -0.2) is 93.4 Å². The topological polar surface area (TPSA) is 258 Å². The molecule has 0 radical (unpaired) electrons. The van der Waals surface area contributed by atoms with Gasteiger partial charge in [0.25, 0.3) is 5.91 Å². The van der Waals surface area contributed by atoms with Gasteiger partial charge in [-0.15, -0.1) is 0 Å². The van der Waals surface area contributed by atoms with Gasteiger partial charge < -0.3 is 50.6 Å². The molecule has 17 heteroatoms. The standard InChI is InChI=1S/C45H49N5O12/c1-30(46)25-31-4-10-34(11-5-31)43(55)61-38-16-6-32(7-17-38)26-41(53)59-28-37(51)3-2-21-57-23-24-58-22-20-49-40(52)29-60-42(54)27-33-8-18-39(19-9-33)62-44(56)35-12-14-36(15-13-35)50-45(47)48/h4-19,46H,2-3,20-29H2,1H3,(H,49,52)(H4,47,48,50). The van der Waals surface area contributed by atoms with Crippen LogP contribution in [0.15, 0.2) is 102 Å². The Labute approximate surface area is 358 Å². The van der Waals surface area contributed by atoms with E-state index in [1.54, 1.807) is 79.7 Å². The molecule has 0 aromatic heterocycles. The Bertz CT molecular complexity index is 2170. The maximum Gasteiger partial charge on any atom is 0.343 e. The van der Waals surface area contributed by atoms with Crippen LogP contribution in [0.4, 0.5) is 5.69 Å². The van der Waals surface area contributed by atoms with Crippen molar-refractivity contribution in [3.8, 4) is 11.5 Å². The van der Waals surface area contributed by atoms with Gasteiger partial charge in [-0.25, -0.2) is 14.6 Å². The minimum Gasteiger partial charge on any atom is -0.457 e. The normalized spacial score (nSPS) is 10.5. The van der Waals surface area contributed by atoms with Gasteiger partial charge in [0.2, 0.25) is 0 Å². The highest BCUT2D eigenvalue weighted by atomic mass is 16.6. The minimum atomic E-state index is -0.613. The third-order valence-corrected chi connectivity index (χ3v) is 8.43. The predicted molar refractivity (Wildman–Crippen MR) is 226 cm³/mol. The van der Waals surface area contributed by atoms with Gasteiger partial charge in [-0.05, 0) is 90.7 Å². The maximum absolute atomic E-state index is 12.5. The molecule has 0 saturated heterocycles. The Kier molecular flexibility index (Phi) is 19.4. The number of amides is 1. The average molecular weight is 852 g/mol. The molecule has 326 valence electrons. The Hall–Kier alpha value is -7.24. The van der Waals surface area contributed by atoms with E-state index in [1.165, 1.54) is 24.3 Å². The molecule has 0 aliphatic carbocycles. The first-order valence-corrected chi connectivity index (χ1v) is 19.5. The quantitative estimate of drug-likeness (QED) is 0.0242. The Morgan fingerprint density at radius 2 is 1.06 bits per heavy atom. The van der Waals surface area contributed by atoms with Crippen molar-refractivity contribution in [2.24, 2.45) is 16.5 Å². The lowest BCUT2D eigenvalue weighted by atomic mass is 10.1. The van der Waals surface area contributed by atoms with Gasteiger partial charge >= 0.3 is 23.9 Å². The first-order chi connectivity index (χ1) is 29.8. The fraction of sp³-hybridized carbons (Fsp3) is 0.289. The predicted octanol–water partition coefficient (Wildman–Crippen LogP) is 3.98. The molecule has 4 rings (SSSR count).